The van der Waals surface area contributed by atoms with Gasteiger partial charge in [0.05, 0.1) is 16.8 Å². The van der Waals surface area contributed by atoms with Gasteiger partial charge in [-0.3, -0.25) is 4.79 Å². The summed E-state index contributed by atoms with van der Waals surface area (Å²) in [6.07, 6.45) is -2.69. The second-order valence-corrected chi connectivity index (χ2v) is 5.48. The number of para-hydroxylation sites is 1. The van der Waals surface area contributed by atoms with Crippen molar-refractivity contribution in [3.05, 3.63) is 59.2 Å². The standard InChI is InChI=1S/C17H15F3N2O/c18-17(19,20)12-6-8-13(9-7-12)22-10-2-4-11-3-1-5-14(15(11)22)16(21)23/h1,3,5-9H,2,4,10H2,(H2,21,23). The molecule has 0 bridgehead atoms. The Labute approximate surface area is 131 Å². The fourth-order valence-electron chi connectivity index (χ4n) is 2.94. The van der Waals surface area contributed by atoms with Gasteiger partial charge in [-0.1, -0.05) is 12.1 Å². The number of benzene rings is 2. The van der Waals surface area contributed by atoms with Gasteiger partial charge in [0.2, 0.25) is 0 Å². The van der Waals surface area contributed by atoms with E-state index in [4.69, 9.17) is 5.73 Å². The first-order valence-corrected chi connectivity index (χ1v) is 7.24. The number of primary amides is 1. The lowest BCUT2D eigenvalue weighted by molar-refractivity contribution is -0.137. The van der Waals surface area contributed by atoms with Crippen molar-refractivity contribution >= 4 is 17.3 Å². The number of amides is 1. The third-order valence-corrected chi connectivity index (χ3v) is 3.99. The van der Waals surface area contributed by atoms with Gasteiger partial charge in [0.15, 0.2) is 0 Å². The van der Waals surface area contributed by atoms with E-state index in [0.29, 0.717) is 23.5 Å². The van der Waals surface area contributed by atoms with Gasteiger partial charge in [-0.2, -0.15) is 13.2 Å². The SMILES string of the molecule is NC(=O)c1cccc2c1N(c1ccc(C(F)(F)F)cc1)CCC2. The molecule has 120 valence electrons. The van der Waals surface area contributed by atoms with Crippen LogP contribution in [0.25, 0.3) is 0 Å². The van der Waals surface area contributed by atoms with Crippen LogP contribution in [0.4, 0.5) is 24.5 Å². The van der Waals surface area contributed by atoms with Crippen LogP contribution >= 0.6 is 0 Å². The number of anilines is 2. The molecule has 3 rings (SSSR count). The molecule has 0 saturated carbocycles. The van der Waals surface area contributed by atoms with Crippen LogP contribution in [0.5, 0.6) is 0 Å². The summed E-state index contributed by atoms with van der Waals surface area (Å²) >= 11 is 0. The third kappa shape index (κ3) is 2.88. The minimum Gasteiger partial charge on any atom is -0.366 e. The average Bonchev–Trinajstić information content (AvgIpc) is 2.53. The first-order chi connectivity index (χ1) is 10.9. The molecule has 2 aromatic rings. The number of alkyl halides is 3. The molecular formula is C17H15F3N2O. The van der Waals surface area contributed by atoms with Crippen LogP contribution in [0.1, 0.15) is 27.9 Å². The van der Waals surface area contributed by atoms with Gasteiger partial charge in [0.25, 0.3) is 5.91 Å². The number of fused-ring (bicyclic) bond motifs is 1. The molecule has 0 unspecified atom stereocenters. The van der Waals surface area contributed by atoms with Crippen molar-refractivity contribution in [1.29, 1.82) is 0 Å². The maximum Gasteiger partial charge on any atom is 0.416 e. The topological polar surface area (TPSA) is 46.3 Å². The van der Waals surface area contributed by atoms with E-state index in [-0.39, 0.29) is 0 Å². The normalized spacial score (nSPS) is 14.5. The molecule has 0 spiro atoms. The lowest BCUT2D eigenvalue weighted by Gasteiger charge is -2.33. The zero-order chi connectivity index (χ0) is 16.6. The van der Waals surface area contributed by atoms with E-state index >= 15 is 0 Å². The smallest absolute Gasteiger partial charge is 0.366 e. The molecule has 2 aromatic carbocycles. The fraction of sp³-hybridized carbons (Fsp3) is 0.235. The van der Waals surface area contributed by atoms with Crippen molar-refractivity contribution in [2.45, 2.75) is 19.0 Å². The number of hydrogen-bond acceptors (Lipinski definition) is 2. The maximum atomic E-state index is 12.7. The minimum absolute atomic E-state index is 0.391. The highest BCUT2D eigenvalue weighted by Crippen LogP contribution is 2.37. The van der Waals surface area contributed by atoms with Crippen molar-refractivity contribution in [1.82, 2.24) is 0 Å². The minimum atomic E-state index is -4.36. The molecule has 2 N–H and O–H groups in total. The van der Waals surface area contributed by atoms with Gasteiger partial charge in [0.1, 0.15) is 0 Å². The lowest BCUT2D eigenvalue weighted by atomic mass is 9.96. The van der Waals surface area contributed by atoms with Crippen LogP contribution in [0.15, 0.2) is 42.5 Å². The first-order valence-electron chi connectivity index (χ1n) is 7.24. The lowest BCUT2D eigenvalue weighted by Crippen LogP contribution is -2.28. The molecule has 0 aromatic heterocycles. The van der Waals surface area contributed by atoms with Crippen molar-refractivity contribution in [2.24, 2.45) is 5.73 Å². The van der Waals surface area contributed by atoms with Gasteiger partial charge in [-0.05, 0) is 48.7 Å². The van der Waals surface area contributed by atoms with Crippen molar-refractivity contribution < 1.29 is 18.0 Å². The molecule has 3 nitrogen and oxygen atoms in total. The summed E-state index contributed by atoms with van der Waals surface area (Å²) in [7, 11) is 0. The predicted octanol–water partition coefficient (Wildman–Crippen LogP) is 3.89. The molecule has 0 radical (unpaired) electrons. The highest BCUT2D eigenvalue weighted by atomic mass is 19.4. The summed E-state index contributed by atoms with van der Waals surface area (Å²) in [5.41, 5.74) is 7.44. The molecule has 23 heavy (non-hydrogen) atoms. The summed E-state index contributed by atoms with van der Waals surface area (Å²) in [5.74, 6) is -0.541. The molecule has 1 aliphatic heterocycles. The van der Waals surface area contributed by atoms with Crippen LogP contribution in [0, 0.1) is 0 Å². The van der Waals surface area contributed by atoms with Crippen LogP contribution in [-0.2, 0) is 12.6 Å². The van der Waals surface area contributed by atoms with E-state index in [2.05, 4.69) is 0 Å². The number of nitrogens with two attached hydrogens (primary N) is 1. The average molecular weight is 320 g/mol. The Morgan fingerprint density at radius 3 is 2.39 bits per heavy atom. The van der Waals surface area contributed by atoms with Crippen LogP contribution in [-0.4, -0.2) is 12.5 Å². The molecular weight excluding hydrogens is 305 g/mol. The van der Waals surface area contributed by atoms with Gasteiger partial charge >= 0.3 is 6.18 Å². The molecule has 0 atom stereocenters. The molecule has 0 aliphatic carbocycles. The molecule has 1 aliphatic rings. The zero-order valence-electron chi connectivity index (χ0n) is 12.2. The third-order valence-electron chi connectivity index (χ3n) is 3.99. The largest absolute Gasteiger partial charge is 0.416 e. The van der Waals surface area contributed by atoms with Gasteiger partial charge in [-0.15, -0.1) is 0 Å². The molecule has 0 saturated heterocycles. The van der Waals surface area contributed by atoms with E-state index in [9.17, 15) is 18.0 Å². The summed E-state index contributed by atoms with van der Waals surface area (Å²) in [6.45, 7) is 0.628. The highest BCUT2D eigenvalue weighted by molar-refractivity contribution is 6.00. The van der Waals surface area contributed by atoms with E-state index in [1.807, 2.05) is 11.0 Å². The predicted molar refractivity (Wildman–Crippen MR) is 81.7 cm³/mol. The Balaban J connectivity index is 2.05. The Kier molecular flexibility index (Phi) is 3.75. The second-order valence-electron chi connectivity index (χ2n) is 5.48. The van der Waals surface area contributed by atoms with E-state index in [1.54, 1.807) is 12.1 Å². The van der Waals surface area contributed by atoms with E-state index in [1.165, 1.54) is 12.1 Å². The van der Waals surface area contributed by atoms with Gasteiger partial charge < -0.3 is 10.6 Å². The summed E-state index contributed by atoms with van der Waals surface area (Å²) < 4.78 is 38.1. The summed E-state index contributed by atoms with van der Waals surface area (Å²) in [6, 6.07) is 10.3. The fourth-order valence-corrected chi connectivity index (χ4v) is 2.94. The Hall–Kier alpha value is -2.50. The quantitative estimate of drug-likeness (QED) is 0.912. The van der Waals surface area contributed by atoms with Crippen LogP contribution in [0.3, 0.4) is 0 Å². The van der Waals surface area contributed by atoms with Crippen LogP contribution < -0.4 is 10.6 Å². The van der Waals surface area contributed by atoms with Gasteiger partial charge in [-0.25, -0.2) is 0 Å². The Bertz CT molecular complexity index is 738. The number of rotatable bonds is 2. The monoisotopic (exact) mass is 320 g/mol. The number of hydrogen-bond donors (Lipinski definition) is 1. The Morgan fingerprint density at radius 1 is 1.09 bits per heavy atom. The van der Waals surface area contributed by atoms with E-state index < -0.39 is 17.6 Å². The van der Waals surface area contributed by atoms with Crippen molar-refractivity contribution in [2.75, 3.05) is 11.4 Å². The first kappa shape index (κ1) is 15.4. The number of nitrogens with zero attached hydrogens (tertiary/aromatic N) is 1. The number of carbonyl (C=O) groups excluding carboxylic acids is 1. The van der Waals surface area contributed by atoms with Gasteiger partial charge in [0, 0.05) is 12.2 Å². The van der Waals surface area contributed by atoms with Crippen molar-refractivity contribution in [3.63, 3.8) is 0 Å². The molecule has 0 fully saturated rings. The molecule has 1 heterocycles. The number of carbonyl (C=O) groups is 1. The molecule has 1 amide bonds. The van der Waals surface area contributed by atoms with Crippen molar-refractivity contribution in [3.8, 4) is 0 Å². The Morgan fingerprint density at radius 2 is 1.78 bits per heavy atom. The number of aryl methyl sites for hydroxylation is 1. The zero-order valence-corrected chi connectivity index (χ0v) is 12.2. The number of halogens is 3. The van der Waals surface area contributed by atoms with Crippen LogP contribution in [0.2, 0.25) is 0 Å². The van der Waals surface area contributed by atoms with E-state index in [0.717, 1.165) is 30.5 Å². The summed E-state index contributed by atoms with van der Waals surface area (Å²) in [4.78, 5) is 13.5. The molecule has 6 heteroatoms. The highest BCUT2D eigenvalue weighted by Gasteiger charge is 2.30. The second kappa shape index (κ2) is 5.61. The maximum absolute atomic E-state index is 12.7. The summed E-state index contributed by atoms with van der Waals surface area (Å²) in [5, 5.41) is 0.